The van der Waals surface area contributed by atoms with E-state index in [0.29, 0.717) is 22.0 Å². The van der Waals surface area contributed by atoms with Crippen LogP contribution in [0.15, 0.2) is 48.5 Å². The van der Waals surface area contributed by atoms with Crippen molar-refractivity contribution < 1.29 is 9.59 Å². The number of hydrogen-bond donors (Lipinski definition) is 3. The third-order valence-corrected chi connectivity index (χ3v) is 3.04. The zero-order valence-corrected chi connectivity index (χ0v) is 11.7. The number of hydrazine groups is 1. The number of anilines is 2. The summed E-state index contributed by atoms with van der Waals surface area (Å²) in [7, 11) is 0. The highest BCUT2D eigenvalue weighted by Gasteiger charge is 2.15. The van der Waals surface area contributed by atoms with Gasteiger partial charge >= 0.3 is 6.03 Å². The quantitative estimate of drug-likeness (QED) is 0.460. The number of nitrogens with zero attached hydrogens (tertiary/aromatic N) is 1. The fourth-order valence-corrected chi connectivity index (χ4v) is 2.05. The van der Waals surface area contributed by atoms with E-state index in [1.807, 2.05) is 5.43 Å². The lowest BCUT2D eigenvalue weighted by atomic mass is 10.1. The Bertz CT molecular complexity index is 673. The number of rotatable bonds is 3. The van der Waals surface area contributed by atoms with E-state index in [2.05, 4.69) is 0 Å². The van der Waals surface area contributed by atoms with Crippen LogP contribution in [0, 0.1) is 0 Å². The summed E-state index contributed by atoms with van der Waals surface area (Å²) in [6.07, 6.45) is 0. The molecule has 0 atom stereocenters. The van der Waals surface area contributed by atoms with Crippen LogP contribution in [0.1, 0.15) is 10.4 Å². The second kappa shape index (κ2) is 6.25. The van der Waals surface area contributed by atoms with Crippen LogP contribution in [0.4, 0.5) is 16.2 Å². The SMILES string of the molecule is NNC(=O)c1ccc(N(C(N)=O)c2cccc(Cl)c2)cc1. The Labute approximate surface area is 126 Å². The second-order valence-corrected chi connectivity index (χ2v) is 4.61. The number of carbonyl (C=O) groups excluding carboxylic acids is 2. The number of nitrogens with one attached hydrogen (secondary N) is 1. The van der Waals surface area contributed by atoms with Gasteiger partial charge in [0.2, 0.25) is 0 Å². The van der Waals surface area contributed by atoms with Gasteiger partial charge in [-0.05, 0) is 42.5 Å². The minimum absolute atomic E-state index is 0.372. The summed E-state index contributed by atoms with van der Waals surface area (Å²) in [5, 5.41) is 0.484. The van der Waals surface area contributed by atoms with Crippen LogP contribution in [0.25, 0.3) is 0 Å². The van der Waals surface area contributed by atoms with Crippen molar-refractivity contribution in [3.8, 4) is 0 Å². The lowest BCUT2D eigenvalue weighted by molar-refractivity contribution is 0.0953. The maximum Gasteiger partial charge on any atom is 0.323 e. The highest BCUT2D eigenvalue weighted by Crippen LogP contribution is 2.27. The Morgan fingerprint density at radius 1 is 1.05 bits per heavy atom. The Morgan fingerprint density at radius 3 is 2.24 bits per heavy atom. The summed E-state index contributed by atoms with van der Waals surface area (Å²) < 4.78 is 0. The van der Waals surface area contributed by atoms with Crippen molar-refractivity contribution >= 4 is 34.9 Å². The normalized spacial score (nSPS) is 10.0. The van der Waals surface area contributed by atoms with Gasteiger partial charge in [-0.1, -0.05) is 17.7 Å². The number of benzene rings is 2. The first-order valence-corrected chi connectivity index (χ1v) is 6.37. The van der Waals surface area contributed by atoms with Crippen LogP contribution in [0.3, 0.4) is 0 Å². The van der Waals surface area contributed by atoms with Gasteiger partial charge in [-0.2, -0.15) is 0 Å². The highest BCUT2D eigenvalue weighted by atomic mass is 35.5. The average Bonchev–Trinajstić information content (AvgIpc) is 2.47. The summed E-state index contributed by atoms with van der Waals surface area (Å²) >= 11 is 5.92. The molecule has 6 nitrogen and oxygen atoms in total. The van der Waals surface area contributed by atoms with E-state index in [9.17, 15) is 9.59 Å². The van der Waals surface area contributed by atoms with Gasteiger partial charge in [0.1, 0.15) is 0 Å². The van der Waals surface area contributed by atoms with Gasteiger partial charge in [-0.25, -0.2) is 10.6 Å². The maximum absolute atomic E-state index is 11.7. The minimum atomic E-state index is -0.659. The molecule has 0 heterocycles. The number of hydrogen-bond acceptors (Lipinski definition) is 3. The fraction of sp³-hybridized carbons (Fsp3) is 0. The van der Waals surface area contributed by atoms with E-state index in [0.717, 1.165) is 0 Å². The van der Waals surface area contributed by atoms with E-state index in [4.69, 9.17) is 23.2 Å². The molecule has 0 fully saturated rings. The van der Waals surface area contributed by atoms with Crippen molar-refractivity contribution in [3.63, 3.8) is 0 Å². The molecule has 0 unspecified atom stereocenters. The molecule has 2 aromatic carbocycles. The predicted octanol–water partition coefficient (Wildman–Crippen LogP) is 2.16. The first-order chi connectivity index (χ1) is 10.0. The number of halogens is 1. The average molecular weight is 305 g/mol. The van der Waals surface area contributed by atoms with E-state index in [1.165, 1.54) is 17.0 Å². The standard InChI is InChI=1S/C14H13ClN4O2/c15-10-2-1-3-12(8-10)19(14(16)21)11-6-4-9(5-7-11)13(20)18-17/h1-8H,17H2,(H2,16,21)(H,18,20). The molecular formula is C14H13ClN4O2. The van der Waals surface area contributed by atoms with E-state index in [-0.39, 0.29) is 0 Å². The molecule has 0 aliphatic carbocycles. The monoisotopic (exact) mass is 304 g/mol. The van der Waals surface area contributed by atoms with Gasteiger partial charge < -0.3 is 5.73 Å². The van der Waals surface area contributed by atoms with Gasteiger partial charge in [0.05, 0.1) is 11.4 Å². The number of nitrogens with two attached hydrogens (primary N) is 2. The highest BCUT2D eigenvalue weighted by molar-refractivity contribution is 6.31. The molecule has 0 aliphatic rings. The van der Waals surface area contributed by atoms with Crippen molar-refractivity contribution in [3.05, 3.63) is 59.1 Å². The summed E-state index contributed by atoms with van der Waals surface area (Å²) in [5.74, 6) is 4.64. The van der Waals surface area contributed by atoms with Gasteiger partial charge in [-0.3, -0.25) is 15.1 Å². The molecule has 0 radical (unpaired) electrons. The molecule has 0 aromatic heterocycles. The van der Waals surface area contributed by atoms with Crippen LogP contribution >= 0.6 is 11.6 Å². The molecule has 0 saturated carbocycles. The fourth-order valence-electron chi connectivity index (χ4n) is 1.86. The smallest absolute Gasteiger partial charge is 0.323 e. The third-order valence-electron chi connectivity index (χ3n) is 2.81. The van der Waals surface area contributed by atoms with Gasteiger partial charge in [0.25, 0.3) is 5.91 Å². The molecule has 0 bridgehead atoms. The van der Waals surface area contributed by atoms with Crippen LogP contribution in [0.5, 0.6) is 0 Å². The molecule has 0 aliphatic heterocycles. The first kappa shape index (κ1) is 14.8. The molecule has 3 amide bonds. The van der Waals surface area contributed by atoms with Crippen molar-refractivity contribution in [1.29, 1.82) is 0 Å². The summed E-state index contributed by atoms with van der Waals surface area (Å²) in [6.45, 7) is 0. The lowest BCUT2D eigenvalue weighted by Crippen LogP contribution is -2.32. The van der Waals surface area contributed by atoms with Crippen molar-refractivity contribution in [1.82, 2.24) is 5.43 Å². The van der Waals surface area contributed by atoms with E-state index in [1.54, 1.807) is 36.4 Å². The topological polar surface area (TPSA) is 101 Å². The molecule has 2 rings (SSSR count). The van der Waals surface area contributed by atoms with Gasteiger partial charge in [0, 0.05) is 10.6 Å². The molecule has 108 valence electrons. The van der Waals surface area contributed by atoms with Gasteiger partial charge in [0.15, 0.2) is 0 Å². The zero-order valence-electron chi connectivity index (χ0n) is 10.9. The number of amides is 3. The van der Waals surface area contributed by atoms with E-state index >= 15 is 0 Å². The van der Waals surface area contributed by atoms with Crippen molar-refractivity contribution in [2.75, 3.05) is 4.90 Å². The minimum Gasteiger partial charge on any atom is -0.351 e. The molecule has 0 saturated heterocycles. The van der Waals surface area contributed by atoms with Crippen LogP contribution in [-0.2, 0) is 0 Å². The largest absolute Gasteiger partial charge is 0.351 e. The molecule has 7 heteroatoms. The molecule has 2 aromatic rings. The number of nitrogen functional groups attached to an aromatic ring is 1. The Balaban J connectivity index is 2.39. The van der Waals surface area contributed by atoms with Crippen molar-refractivity contribution in [2.45, 2.75) is 0 Å². The summed E-state index contributed by atoms with van der Waals surface area (Å²) in [6, 6.07) is 12.3. The number of urea groups is 1. The second-order valence-electron chi connectivity index (χ2n) is 4.17. The lowest BCUT2D eigenvalue weighted by Gasteiger charge is -2.21. The third kappa shape index (κ3) is 3.31. The molecule has 5 N–H and O–H groups in total. The Hall–Kier alpha value is -2.57. The molecular weight excluding hydrogens is 292 g/mol. The number of primary amides is 1. The first-order valence-electron chi connectivity index (χ1n) is 5.99. The van der Waals surface area contributed by atoms with Crippen LogP contribution < -0.4 is 21.9 Å². The van der Waals surface area contributed by atoms with Crippen LogP contribution in [-0.4, -0.2) is 11.9 Å². The van der Waals surface area contributed by atoms with Crippen molar-refractivity contribution in [2.24, 2.45) is 11.6 Å². The number of carbonyl (C=O) groups is 2. The summed E-state index contributed by atoms with van der Waals surface area (Å²) in [4.78, 5) is 24.4. The maximum atomic E-state index is 11.7. The Kier molecular flexibility index (Phi) is 4.42. The predicted molar refractivity (Wildman–Crippen MR) is 81.3 cm³/mol. The summed E-state index contributed by atoms with van der Waals surface area (Å²) in [5.41, 5.74) is 8.87. The molecule has 0 spiro atoms. The molecule has 21 heavy (non-hydrogen) atoms. The van der Waals surface area contributed by atoms with Crippen LogP contribution in [0.2, 0.25) is 5.02 Å². The zero-order chi connectivity index (χ0) is 15.4. The van der Waals surface area contributed by atoms with Gasteiger partial charge in [-0.15, -0.1) is 0 Å². The van der Waals surface area contributed by atoms with E-state index < -0.39 is 11.9 Å². The Morgan fingerprint density at radius 2 is 1.71 bits per heavy atom.